The molecule has 0 aliphatic heterocycles. The molecule has 2 heterocycles. The second kappa shape index (κ2) is 5.81. The lowest BCUT2D eigenvalue weighted by molar-refractivity contribution is 0.0689. The number of carboxylic acids is 1. The summed E-state index contributed by atoms with van der Waals surface area (Å²) in [4.78, 5) is 15.3. The van der Waals surface area contributed by atoms with Gasteiger partial charge in [-0.3, -0.25) is 0 Å². The lowest BCUT2D eigenvalue weighted by atomic mass is 10.2. The molecule has 0 aliphatic rings. The van der Waals surface area contributed by atoms with E-state index in [-0.39, 0.29) is 18.2 Å². The van der Waals surface area contributed by atoms with Crippen molar-refractivity contribution in [2.24, 2.45) is 0 Å². The fourth-order valence-corrected chi connectivity index (χ4v) is 1.81. The second-order valence-electron chi connectivity index (χ2n) is 4.80. The SMILES string of the molecule is CCCc1c(C(=O)O)nnn1Cc1noc(C(C)C)n1. The molecule has 1 N–H and O–H groups in total. The summed E-state index contributed by atoms with van der Waals surface area (Å²) in [5.74, 6) is 0.0934. The third-order valence-electron chi connectivity index (χ3n) is 2.80. The van der Waals surface area contributed by atoms with Gasteiger partial charge in [0.1, 0.15) is 6.54 Å². The van der Waals surface area contributed by atoms with Gasteiger partial charge >= 0.3 is 5.97 Å². The van der Waals surface area contributed by atoms with Crippen LogP contribution in [0.4, 0.5) is 0 Å². The lowest BCUT2D eigenvalue weighted by Crippen LogP contribution is -2.10. The molecule has 0 atom stereocenters. The molecule has 8 heteroatoms. The van der Waals surface area contributed by atoms with Crippen molar-refractivity contribution >= 4 is 5.97 Å². The average Bonchev–Trinajstić information content (AvgIpc) is 2.98. The summed E-state index contributed by atoms with van der Waals surface area (Å²) in [5, 5.41) is 20.5. The Morgan fingerprint density at radius 2 is 2.20 bits per heavy atom. The molecule has 0 aliphatic carbocycles. The monoisotopic (exact) mass is 279 g/mol. The number of nitrogens with zero attached hydrogens (tertiary/aromatic N) is 5. The van der Waals surface area contributed by atoms with E-state index < -0.39 is 5.97 Å². The maximum absolute atomic E-state index is 11.1. The van der Waals surface area contributed by atoms with Gasteiger partial charge in [0.2, 0.25) is 5.89 Å². The zero-order valence-corrected chi connectivity index (χ0v) is 11.7. The lowest BCUT2D eigenvalue weighted by Gasteiger charge is -2.02. The van der Waals surface area contributed by atoms with Crippen LogP contribution in [-0.2, 0) is 13.0 Å². The molecule has 0 spiro atoms. The van der Waals surface area contributed by atoms with Crippen molar-refractivity contribution in [1.29, 1.82) is 0 Å². The topological polar surface area (TPSA) is 107 Å². The van der Waals surface area contributed by atoms with Crippen molar-refractivity contribution < 1.29 is 14.4 Å². The molecule has 0 fully saturated rings. The third-order valence-corrected chi connectivity index (χ3v) is 2.80. The van der Waals surface area contributed by atoms with Gasteiger partial charge in [-0.05, 0) is 6.42 Å². The van der Waals surface area contributed by atoms with Gasteiger partial charge in [0.15, 0.2) is 11.5 Å². The van der Waals surface area contributed by atoms with E-state index in [1.807, 2.05) is 20.8 Å². The van der Waals surface area contributed by atoms with Gasteiger partial charge < -0.3 is 9.63 Å². The molecule has 2 aromatic rings. The first-order valence-electron chi connectivity index (χ1n) is 6.51. The minimum atomic E-state index is -1.07. The summed E-state index contributed by atoms with van der Waals surface area (Å²) >= 11 is 0. The van der Waals surface area contributed by atoms with Crippen molar-refractivity contribution in [3.63, 3.8) is 0 Å². The number of aromatic carboxylic acids is 1. The number of aromatic nitrogens is 5. The molecule has 0 unspecified atom stereocenters. The minimum Gasteiger partial charge on any atom is -0.476 e. The highest BCUT2D eigenvalue weighted by Gasteiger charge is 2.19. The summed E-state index contributed by atoms with van der Waals surface area (Å²) in [7, 11) is 0. The van der Waals surface area contributed by atoms with E-state index in [9.17, 15) is 4.79 Å². The molecule has 0 bridgehead atoms. The number of hydrogen-bond donors (Lipinski definition) is 1. The predicted molar refractivity (Wildman–Crippen MR) is 68.5 cm³/mol. The van der Waals surface area contributed by atoms with Crippen molar-refractivity contribution in [1.82, 2.24) is 25.1 Å². The number of carbonyl (C=O) groups is 1. The zero-order chi connectivity index (χ0) is 14.7. The van der Waals surface area contributed by atoms with Crippen LogP contribution >= 0.6 is 0 Å². The maximum atomic E-state index is 11.1. The highest BCUT2D eigenvalue weighted by atomic mass is 16.5. The Labute approximate surface area is 115 Å². The van der Waals surface area contributed by atoms with Crippen LogP contribution in [0.5, 0.6) is 0 Å². The van der Waals surface area contributed by atoms with Crippen LogP contribution in [0.25, 0.3) is 0 Å². The van der Waals surface area contributed by atoms with Crippen molar-refractivity contribution in [3.05, 3.63) is 23.1 Å². The molecule has 8 nitrogen and oxygen atoms in total. The molecule has 0 saturated carbocycles. The normalized spacial score (nSPS) is 11.2. The van der Waals surface area contributed by atoms with Crippen molar-refractivity contribution in [3.8, 4) is 0 Å². The van der Waals surface area contributed by atoms with Crippen LogP contribution < -0.4 is 0 Å². The van der Waals surface area contributed by atoms with Gasteiger partial charge in [-0.1, -0.05) is 37.6 Å². The van der Waals surface area contributed by atoms with Crippen LogP contribution in [0.3, 0.4) is 0 Å². The van der Waals surface area contributed by atoms with E-state index in [1.165, 1.54) is 4.68 Å². The molecule has 2 rings (SSSR count). The standard InChI is InChI=1S/C12H17N5O3/c1-4-5-8-10(12(18)19)14-16-17(8)6-9-13-11(7(2)3)20-15-9/h7H,4-6H2,1-3H3,(H,18,19). The van der Waals surface area contributed by atoms with E-state index in [0.29, 0.717) is 23.8 Å². The van der Waals surface area contributed by atoms with Crippen LogP contribution in [-0.4, -0.2) is 36.2 Å². The first-order valence-corrected chi connectivity index (χ1v) is 6.51. The molecular weight excluding hydrogens is 262 g/mol. The van der Waals surface area contributed by atoms with E-state index in [0.717, 1.165) is 6.42 Å². The van der Waals surface area contributed by atoms with Crippen molar-refractivity contribution in [2.75, 3.05) is 0 Å². The summed E-state index contributed by atoms with van der Waals surface area (Å²) in [6, 6.07) is 0. The van der Waals surface area contributed by atoms with Gasteiger partial charge in [-0.2, -0.15) is 4.98 Å². The van der Waals surface area contributed by atoms with Crippen LogP contribution in [0, 0.1) is 0 Å². The van der Waals surface area contributed by atoms with Crippen LogP contribution in [0.2, 0.25) is 0 Å². The first kappa shape index (κ1) is 14.2. The minimum absolute atomic E-state index is 0.0144. The van der Waals surface area contributed by atoms with Crippen LogP contribution in [0.1, 0.15) is 61.0 Å². The molecule has 0 amide bonds. The van der Waals surface area contributed by atoms with Gasteiger partial charge in [0.25, 0.3) is 0 Å². The maximum Gasteiger partial charge on any atom is 0.358 e. The largest absolute Gasteiger partial charge is 0.476 e. The molecule has 0 radical (unpaired) electrons. The molecule has 0 aromatic carbocycles. The third kappa shape index (κ3) is 2.84. The number of carboxylic acid groups (broad SMARTS) is 1. The molecule has 108 valence electrons. The Balaban J connectivity index is 2.25. The fourth-order valence-electron chi connectivity index (χ4n) is 1.81. The van der Waals surface area contributed by atoms with Gasteiger partial charge in [0.05, 0.1) is 5.69 Å². The zero-order valence-electron chi connectivity index (χ0n) is 11.7. The second-order valence-corrected chi connectivity index (χ2v) is 4.80. The Kier molecular flexibility index (Phi) is 4.11. The van der Waals surface area contributed by atoms with E-state index >= 15 is 0 Å². The Morgan fingerprint density at radius 3 is 2.75 bits per heavy atom. The van der Waals surface area contributed by atoms with Crippen molar-refractivity contribution in [2.45, 2.75) is 46.1 Å². The molecular formula is C12H17N5O3. The number of rotatable bonds is 6. The van der Waals surface area contributed by atoms with Gasteiger partial charge in [-0.25, -0.2) is 9.48 Å². The Hall–Kier alpha value is -2.25. The fraction of sp³-hybridized carbons (Fsp3) is 0.583. The Morgan fingerprint density at radius 1 is 1.45 bits per heavy atom. The summed E-state index contributed by atoms with van der Waals surface area (Å²) in [6.45, 7) is 6.13. The average molecular weight is 279 g/mol. The van der Waals surface area contributed by atoms with E-state index in [1.54, 1.807) is 0 Å². The predicted octanol–water partition coefficient (Wildman–Crippen LogP) is 1.48. The number of hydrogen-bond acceptors (Lipinski definition) is 6. The van der Waals surface area contributed by atoms with Gasteiger partial charge in [-0.15, -0.1) is 5.10 Å². The summed E-state index contributed by atoms with van der Waals surface area (Å²) in [5.41, 5.74) is 0.565. The first-order chi connectivity index (χ1) is 9.52. The highest BCUT2D eigenvalue weighted by molar-refractivity contribution is 5.86. The Bertz CT molecular complexity index is 602. The van der Waals surface area contributed by atoms with Gasteiger partial charge in [0, 0.05) is 5.92 Å². The molecule has 2 aromatic heterocycles. The molecule has 0 saturated heterocycles. The quantitative estimate of drug-likeness (QED) is 0.853. The highest BCUT2D eigenvalue weighted by Crippen LogP contribution is 2.13. The van der Waals surface area contributed by atoms with E-state index in [4.69, 9.17) is 9.63 Å². The smallest absolute Gasteiger partial charge is 0.358 e. The molecule has 20 heavy (non-hydrogen) atoms. The van der Waals surface area contributed by atoms with E-state index in [2.05, 4.69) is 20.5 Å². The summed E-state index contributed by atoms with van der Waals surface area (Å²) < 4.78 is 6.63. The summed E-state index contributed by atoms with van der Waals surface area (Å²) in [6.07, 6.45) is 1.39. The van der Waals surface area contributed by atoms with Crippen LogP contribution in [0.15, 0.2) is 4.52 Å².